The number of benzene rings is 1. The zero-order valence-electron chi connectivity index (χ0n) is 16.2. The maximum absolute atomic E-state index is 12.6. The Labute approximate surface area is 166 Å². The zero-order chi connectivity index (χ0) is 19.3. The van der Waals surface area contributed by atoms with Gasteiger partial charge in [0.2, 0.25) is 11.8 Å². The molecule has 5 nitrogen and oxygen atoms in total. The molecule has 2 aliphatic heterocycles. The average molecular weight is 377 g/mol. The Morgan fingerprint density at radius 1 is 0.786 bits per heavy atom. The maximum atomic E-state index is 12.6. The Bertz CT molecular complexity index is 728. The monoisotopic (exact) mass is 377 g/mol. The Hall–Kier alpha value is -2.69. The highest BCUT2D eigenvalue weighted by Crippen LogP contribution is 2.32. The minimum absolute atomic E-state index is 0.222. The summed E-state index contributed by atoms with van der Waals surface area (Å²) in [5.41, 5.74) is 2.31. The minimum Gasteiger partial charge on any atom is -0.342 e. The Balaban J connectivity index is 1.22. The fourth-order valence-electron chi connectivity index (χ4n) is 4.41. The fraction of sp³-hybridized carbons (Fsp3) is 0.435. The third kappa shape index (κ3) is 4.41. The van der Waals surface area contributed by atoms with Crippen molar-refractivity contribution < 1.29 is 9.59 Å². The number of likely N-dealkylation sites (tertiary alicyclic amines) is 2. The highest BCUT2D eigenvalue weighted by atomic mass is 16.2. The summed E-state index contributed by atoms with van der Waals surface area (Å²) in [6.07, 6.45) is 6.21. The SMILES string of the molecule is O=C(CCc1ccccc1)N1CC2CN(C(=O)CCc3cccnc3)CC2C1. The number of rotatable bonds is 6. The molecule has 0 N–H and O–H groups in total. The van der Waals surface area contributed by atoms with Crippen LogP contribution in [0.3, 0.4) is 0 Å². The highest BCUT2D eigenvalue weighted by molar-refractivity contribution is 5.78. The van der Waals surface area contributed by atoms with E-state index in [-0.39, 0.29) is 11.8 Å². The summed E-state index contributed by atoms with van der Waals surface area (Å²) in [7, 11) is 0. The first-order valence-electron chi connectivity index (χ1n) is 10.2. The van der Waals surface area contributed by atoms with Crippen molar-refractivity contribution in [2.45, 2.75) is 25.7 Å². The molecule has 0 radical (unpaired) electrons. The van der Waals surface area contributed by atoms with E-state index in [2.05, 4.69) is 17.1 Å². The van der Waals surface area contributed by atoms with Crippen molar-refractivity contribution in [3.05, 3.63) is 66.0 Å². The maximum Gasteiger partial charge on any atom is 0.222 e. The number of hydrogen-bond acceptors (Lipinski definition) is 3. The van der Waals surface area contributed by atoms with E-state index in [1.54, 1.807) is 6.20 Å². The molecular weight excluding hydrogens is 350 g/mol. The van der Waals surface area contributed by atoms with Crippen molar-refractivity contribution in [2.75, 3.05) is 26.2 Å². The van der Waals surface area contributed by atoms with Crippen LogP contribution in [0, 0.1) is 11.8 Å². The van der Waals surface area contributed by atoms with Gasteiger partial charge < -0.3 is 9.80 Å². The van der Waals surface area contributed by atoms with Crippen LogP contribution in [0.5, 0.6) is 0 Å². The second kappa shape index (κ2) is 8.55. The van der Waals surface area contributed by atoms with Crippen molar-refractivity contribution in [1.82, 2.24) is 14.8 Å². The first-order chi connectivity index (χ1) is 13.7. The van der Waals surface area contributed by atoms with Gasteiger partial charge in [-0.1, -0.05) is 36.4 Å². The number of nitrogens with zero attached hydrogens (tertiary/aromatic N) is 3. The van der Waals surface area contributed by atoms with Gasteiger partial charge in [0.25, 0.3) is 0 Å². The van der Waals surface area contributed by atoms with E-state index < -0.39 is 0 Å². The molecule has 2 saturated heterocycles. The summed E-state index contributed by atoms with van der Waals surface area (Å²) < 4.78 is 0. The first kappa shape index (κ1) is 18.7. The molecule has 2 fully saturated rings. The third-order valence-corrected chi connectivity index (χ3v) is 6.01. The lowest BCUT2D eigenvalue weighted by Gasteiger charge is -2.22. The molecular formula is C23H27N3O2. The number of aryl methyl sites for hydroxylation is 2. The smallest absolute Gasteiger partial charge is 0.222 e. The molecule has 2 aromatic rings. The van der Waals surface area contributed by atoms with Gasteiger partial charge in [-0.2, -0.15) is 0 Å². The normalized spacial score (nSPS) is 21.0. The van der Waals surface area contributed by atoms with Gasteiger partial charge in [-0.3, -0.25) is 14.6 Å². The lowest BCUT2D eigenvalue weighted by atomic mass is 10.0. The van der Waals surface area contributed by atoms with E-state index in [9.17, 15) is 9.59 Å². The molecule has 2 amide bonds. The van der Waals surface area contributed by atoms with E-state index in [1.807, 2.05) is 46.3 Å². The molecule has 5 heteroatoms. The lowest BCUT2D eigenvalue weighted by molar-refractivity contribution is -0.131. The molecule has 3 heterocycles. The minimum atomic E-state index is 0.222. The number of pyridine rings is 1. The van der Waals surface area contributed by atoms with Gasteiger partial charge in [-0.25, -0.2) is 0 Å². The van der Waals surface area contributed by atoms with Crippen LogP contribution in [0.25, 0.3) is 0 Å². The van der Waals surface area contributed by atoms with Crippen LogP contribution in [0.15, 0.2) is 54.9 Å². The van der Waals surface area contributed by atoms with E-state index >= 15 is 0 Å². The van der Waals surface area contributed by atoms with Crippen LogP contribution in [0.2, 0.25) is 0 Å². The van der Waals surface area contributed by atoms with Gasteiger partial charge in [0.1, 0.15) is 0 Å². The summed E-state index contributed by atoms with van der Waals surface area (Å²) >= 11 is 0. The predicted molar refractivity (Wildman–Crippen MR) is 107 cm³/mol. The molecule has 0 aliphatic carbocycles. The molecule has 146 valence electrons. The number of hydrogen-bond donors (Lipinski definition) is 0. The van der Waals surface area contributed by atoms with Crippen molar-refractivity contribution in [3.63, 3.8) is 0 Å². The molecule has 0 saturated carbocycles. The Morgan fingerprint density at radius 2 is 1.32 bits per heavy atom. The van der Waals surface area contributed by atoms with E-state index in [1.165, 1.54) is 5.56 Å². The first-order valence-corrected chi connectivity index (χ1v) is 10.2. The van der Waals surface area contributed by atoms with Gasteiger partial charge >= 0.3 is 0 Å². The van der Waals surface area contributed by atoms with Crippen LogP contribution < -0.4 is 0 Å². The highest BCUT2D eigenvalue weighted by Gasteiger charge is 2.42. The Morgan fingerprint density at radius 3 is 1.86 bits per heavy atom. The molecule has 1 aromatic heterocycles. The second-order valence-electron chi connectivity index (χ2n) is 7.96. The molecule has 0 bridgehead atoms. The topological polar surface area (TPSA) is 53.5 Å². The van der Waals surface area contributed by atoms with Gasteiger partial charge in [-0.15, -0.1) is 0 Å². The number of amides is 2. The molecule has 2 unspecified atom stereocenters. The standard InChI is InChI=1S/C23H27N3O2/c27-22(10-8-18-5-2-1-3-6-18)25-14-20-16-26(17-21(20)15-25)23(28)11-9-19-7-4-12-24-13-19/h1-7,12-13,20-21H,8-11,14-17H2. The summed E-state index contributed by atoms with van der Waals surface area (Å²) in [6.45, 7) is 3.17. The number of aromatic nitrogens is 1. The largest absolute Gasteiger partial charge is 0.342 e. The quantitative estimate of drug-likeness (QED) is 0.777. The molecule has 2 atom stereocenters. The third-order valence-electron chi connectivity index (χ3n) is 6.01. The molecule has 28 heavy (non-hydrogen) atoms. The fourth-order valence-corrected chi connectivity index (χ4v) is 4.41. The van der Waals surface area contributed by atoms with Gasteiger partial charge in [-0.05, 0) is 30.0 Å². The van der Waals surface area contributed by atoms with Crippen LogP contribution in [0.4, 0.5) is 0 Å². The summed E-state index contributed by atoms with van der Waals surface area (Å²) in [4.78, 5) is 33.2. The van der Waals surface area contributed by atoms with E-state index in [4.69, 9.17) is 0 Å². The predicted octanol–water partition coefficient (Wildman–Crippen LogP) is 2.56. The second-order valence-corrected chi connectivity index (χ2v) is 7.96. The number of carbonyl (C=O) groups excluding carboxylic acids is 2. The van der Waals surface area contributed by atoms with E-state index in [0.717, 1.165) is 44.6 Å². The summed E-state index contributed by atoms with van der Waals surface area (Å²) in [6, 6.07) is 14.1. The molecule has 0 spiro atoms. The van der Waals surface area contributed by atoms with Crippen molar-refractivity contribution in [3.8, 4) is 0 Å². The summed E-state index contributed by atoms with van der Waals surface area (Å²) in [5.74, 6) is 1.33. The van der Waals surface area contributed by atoms with Crippen molar-refractivity contribution in [1.29, 1.82) is 0 Å². The zero-order valence-corrected chi connectivity index (χ0v) is 16.2. The molecule has 2 aliphatic rings. The Kier molecular flexibility index (Phi) is 5.70. The van der Waals surface area contributed by atoms with Gasteiger partial charge in [0, 0.05) is 63.3 Å². The van der Waals surface area contributed by atoms with Crippen LogP contribution in [-0.4, -0.2) is 52.8 Å². The van der Waals surface area contributed by atoms with Crippen molar-refractivity contribution >= 4 is 11.8 Å². The van der Waals surface area contributed by atoms with Crippen LogP contribution in [0.1, 0.15) is 24.0 Å². The lowest BCUT2D eigenvalue weighted by Crippen LogP contribution is -2.35. The molecule has 1 aromatic carbocycles. The summed E-state index contributed by atoms with van der Waals surface area (Å²) in [5, 5.41) is 0. The molecule has 4 rings (SSSR count). The number of carbonyl (C=O) groups is 2. The van der Waals surface area contributed by atoms with Gasteiger partial charge in [0.05, 0.1) is 0 Å². The van der Waals surface area contributed by atoms with Crippen LogP contribution >= 0.6 is 0 Å². The van der Waals surface area contributed by atoms with Crippen LogP contribution in [-0.2, 0) is 22.4 Å². The van der Waals surface area contributed by atoms with Gasteiger partial charge in [0.15, 0.2) is 0 Å². The average Bonchev–Trinajstić information content (AvgIpc) is 3.31. The van der Waals surface area contributed by atoms with Crippen molar-refractivity contribution in [2.24, 2.45) is 11.8 Å². The van der Waals surface area contributed by atoms with E-state index in [0.29, 0.717) is 24.7 Å². The number of fused-ring (bicyclic) bond motifs is 1.